The summed E-state index contributed by atoms with van der Waals surface area (Å²) in [5, 5.41) is 87.4. The van der Waals surface area contributed by atoms with E-state index in [0.717, 1.165) is 32.1 Å². The minimum Gasteiger partial charge on any atom is -0.394 e. The molecule has 0 aliphatic carbocycles. The molecule has 1 amide bonds. The molecular weight excluding hydrogens is 1050 g/mol. The maximum atomic E-state index is 13.3. The van der Waals surface area contributed by atoms with Gasteiger partial charge in [-0.05, 0) is 32.1 Å². The van der Waals surface area contributed by atoms with Crippen molar-refractivity contribution in [1.29, 1.82) is 0 Å². The third-order valence-corrected chi connectivity index (χ3v) is 17.4. The molecule has 2 heterocycles. The van der Waals surface area contributed by atoms with E-state index in [1.807, 2.05) is 6.08 Å². The summed E-state index contributed by atoms with van der Waals surface area (Å²) in [5.41, 5.74) is 0. The lowest BCUT2D eigenvalue weighted by Gasteiger charge is -2.46. The Bertz CT molecular complexity index is 1490. The maximum Gasteiger partial charge on any atom is 0.220 e. The number of aliphatic hydroxyl groups is 8. The second-order valence-electron chi connectivity index (χ2n) is 25.0. The normalized spacial score (nSPS) is 23.9. The van der Waals surface area contributed by atoms with Crippen molar-refractivity contribution in [1.82, 2.24) is 5.32 Å². The molecule has 2 saturated heterocycles. The van der Waals surface area contributed by atoms with E-state index in [0.29, 0.717) is 12.8 Å². The fraction of sp³-hybridized carbons (Fsp3) is 0.928. The van der Waals surface area contributed by atoms with Crippen molar-refractivity contribution < 1.29 is 64.6 Å². The number of aliphatic hydroxyl groups excluding tert-OH is 8. The molecule has 14 heteroatoms. The van der Waals surface area contributed by atoms with Crippen LogP contribution in [0.1, 0.15) is 316 Å². The fourth-order valence-electron chi connectivity index (χ4n) is 11.8. The number of allylic oxidation sites excluding steroid dienone is 3. The highest BCUT2D eigenvalue weighted by molar-refractivity contribution is 5.76. The lowest BCUT2D eigenvalue weighted by Crippen LogP contribution is -2.65. The Morgan fingerprint density at radius 1 is 0.422 bits per heavy atom. The van der Waals surface area contributed by atoms with Gasteiger partial charge < -0.3 is 65.1 Å². The third kappa shape index (κ3) is 39.2. The number of nitrogens with one attached hydrogen (secondary N) is 1. The van der Waals surface area contributed by atoms with Crippen molar-refractivity contribution in [2.75, 3.05) is 19.8 Å². The quantitative estimate of drug-likeness (QED) is 0.0204. The second kappa shape index (κ2) is 54.6. The number of hydrogen-bond acceptors (Lipinski definition) is 13. The molecule has 14 nitrogen and oxygen atoms in total. The number of unbranched alkanes of at least 4 members (excludes halogenated alkanes) is 43. The molecule has 0 spiro atoms. The number of ether oxygens (including phenoxy) is 4. The molecule has 0 aromatic heterocycles. The Hall–Kier alpha value is -1.53. The first-order valence-corrected chi connectivity index (χ1v) is 35.1. The van der Waals surface area contributed by atoms with Gasteiger partial charge >= 0.3 is 0 Å². The van der Waals surface area contributed by atoms with Crippen molar-refractivity contribution in [3.05, 3.63) is 24.3 Å². The van der Waals surface area contributed by atoms with E-state index in [4.69, 9.17) is 18.9 Å². The molecule has 2 aliphatic heterocycles. The topological polar surface area (TPSA) is 228 Å². The maximum absolute atomic E-state index is 13.3. The van der Waals surface area contributed by atoms with Crippen LogP contribution >= 0.6 is 0 Å². The summed E-state index contributed by atoms with van der Waals surface area (Å²) < 4.78 is 22.8. The van der Waals surface area contributed by atoms with Crippen LogP contribution in [0.5, 0.6) is 0 Å². The van der Waals surface area contributed by atoms with E-state index in [2.05, 4.69) is 31.3 Å². The Kier molecular flexibility index (Phi) is 51.0. The van der Waals surface area contributed by atoms with Crippen molar-refractivity contribution in [3.8, 4) is 0 Å². The second-order valence-corrected chi connectivity index (χ2v) is 25.0. The highest BCUT2D eigenvalue weighted by Crippen LogP contribution is 2.30. The number of hydrogen-bond donors (Lipinski definition) is 9. The van der Waals surface area contributed by atoms with Crippen LogP contribution in [0.15, 0.2) is 24.3 Å². The minimum absolute atomic E-state index is 0.242. The highest BCUT2D eigenvalue weighted by Gasteiger charge is 2.51. The molecule has 0 radical (unpaired) electrons. The summed E-state index contributed by atoms with van der Waals surface area (Å²) in [6.07, 6.45) is 50.9. The van der Waals surface area contributed by atoms with E-state index >= 15 is 0 Å². The van der Waals surface area contributed by atoms with Crippen LogP contribution in [-0.4, -0.2) is 140 Å². The van der Waals surface area contributed by atoms with Gasteiger partial charge in [-0.1, -0.05) is 301 Å². The zero-order chi connectivity index (χ0) is 60.2. The van der Waals surface area contributed by atoms with Crippen LogP contribution in [0.2, 0.25) is 0 Å². The zero-order valence-corrected chi connectivity index (χ0v) is 53.2. The number of amides is 1. The van der Waals surface area contributed by atoms with Gasteiger partial charge in [-0.15, -0.1) is 0 Å². The van der Waals surface area contributed by atoms with Gasteiger partial charge in [0, 0.05) is 6.42 Å². The van der Waals surface area contributed by atoms with Crippen LogP contribution in [0.4, 0.5) is 0 Å². The Labute approximate surface area is 507 Å². The van der Waals surface area contributed by atoms with Crippen LogP contribution in [0.25, 0.3) is 0 Å². The number of rotatable bonds is 58. The van der Waals surface area contributed by atoms with Crippen LogP contribution in [0, 0.1) is 0 Å². The zero-order valence-electron chi connectivity index (χ0n) is 53.2. The van der Waals surface area contributed by atoms with E-state index < -0.39 is 86.8 Å². The number of carbonyl (C=O) groups is 1. The van der Waals surface area contributed by atoms with Gasteiger partial charge in [-0.25, -0.2) is 0 Å². The minimum atomic E-state index is -1.79. The van der Waals surface area contributed by atoms with Gasteiger partial charge in [0.1, 0.15) is 48.8 Å². The monoisotopic (exact) mass is 1180 g/mol. The average molecular weight is 1180 g/mol. The molecule has 2 rings (SSSR count). The smallest absolute Gasteiger partial charge is 0.220 e. The summed E-state index contributed by atoms with van der Waals surface area (Å²) in [6.45, 7) is 2.84. The lowest BCUT2D eigenvalue weighted by molar-refractivity contribution is -0.359. The van der Waals surface area contributed by atoms with Gasteiger partial charge in [-0.3, -0.25) is 4.79 Å². The van der Waals surface area contributed by atoms with Crippen molar-refractivity contribution in [3.63, 3.8) is 0 Å². The standard InChI is InChI=1S/C69H131NO13/c1-3-5-7-9-11-13-15-17-19-21-23-25-27-29-31-33-35-37-39-41-43-45-47-49-51-53-61(74)70-57(56-80-68-66(79)64(77)67(60(55-72)82-68)83-69-65(78)63(76)62(75)59(54-71)81-69)58(73)52-50-48-46-44-42-40-38-36-34-32-30-28-26-24-22-20-18-16-14-12-10-8-6-4-2/h42,44,50,52,57-60,62-69,71-73,75-79H,3-41,43,45-49,51,53-56H2,1-2H3,(H,70,74)/b44-42+,52-50+. The van der Waals surface area contributed by atoms with E-state index in [1.54, 1.807) is 6.08 Å². The predicted octanol–water partition coefficient (Wildman–Crippen LogP) is 14.0. The predicted molar refractivity (Wildman–Crippen MR) is 337 cm³/mol. The van der Waals surface area contributed by atoms with Gasteiger partial charge in [0.05, 0.1) is 32.0 Å². The van der Waals surface area contributed by atoms with E-state index in [-0.39, 0.29) is 18.9 Å². The fourth-order valence-corrected chi connectivity index (χ4v) is 11.8. The van der Waals surface area contributed by atoms with Crippen molar-refractivity contribution >= 4 is 5.91 Å². The number of carbonyl (C=O) groups excluding carboxylic acids is 1. The first-order valence-electron chi connectivity index (χ1n) is 35.1. The molecule has 2 aliphatic rings. The van der Waals surface area contributed by atoms with Gasteiger partial charge in [0.15, 0.2) is 12.6 Å². The average Bonchev–Trinajstić information content (AvgIpc) is 3.60. The molecule has 2 fully saturated rings. The Morgan fingerprint density at radius 3 is 1.18 bits per heavy atom. The van der Waals surface area contributed by atoms with E-state index in [1.165, 1.54) is 250 Å². The Morgan fingerprint density at radius 2 is 0.771 bits per heavy atom. The highest BCUT2D eigenvalue weighted by atomic mass is 16.7. The SMILES string of the molecule is CCCCCCCCCCCCCCCCCCCC/C=C/CC/C=C/C(O)C(COC1OC(CO)C(OC2OC(CO)C(O)C(O)C2O)C(O)C1O)NC(=O)CCCCCCCCCCCCCCCCCCCCCCCCCCC. The first kappa shape index (κ1) is 77.6. The summed E-state index contributed by atoms with van der Waals surface area (Å²) in [7, 11) is 0. The molecule has 9 N–H and O–H groups in total. The van der Waals surface area contributed by atoms with Crippen LogP contribution < -0.4 is 5.32 Å². The van der Waals surface area contributed by atoms with Crippen LogP contribution in [0.3, 0.4) is 0 Å². The first-order chi connectivity index (χ1) is 40.6. The molecular formula is C69H131NO13. The molecule has 0 aromatic rings. The lowest BCUT2D eigenvalue weighted by atomic mass is 9.97. The van der Waals surface area contributed by atoms with Gasteiger partial charge in [-0.2, -0.15) is 0 Å². The van der Waals surface area contributed by atoms with Crippen molar-refractivity contribution in [2.45, 2.75) is 389 Å². The van der Waals surface area contributed by atoms with Gasteiger partial charge in [0.2, 0.25) is 5.91 Å². The summed E-state index contributed by atoms with van der Waals surface area (Å²) >= 11 is 0. The van der Waals surface area contributed by atoms with Crippen LogP contribution in [-0.2, 0) is 23.7 Å². The summed E-state index contributed by atoms with van der Waals surface area (Å²) in [6, 6.07) is -0.929. The third-order valence-electron chi connectivity index (χ3n) is 17.4. The molecule has 0 aromatic carbocycles. The summed E-state index contributed by atoms with van der Waals surface area (Å²) in [4.78, 5) is 13.3. The molecule has 0 bridgehead atoms. The molecule has 12 unspecified atom stereocenters. The molecule has 0 saturated carbocycles. The van der Waals surface area contributed by atoms with Gasteiger partial charge in [0.25, 0.3) is 0 Å². The summed E-state index contributed by atoms with van der Waals surface area (Å²) in [5.74, 6) is -0.242. The largest absolute Gasteiger partial charge is 0.394 e. The molecule has 12 atom stereocenters. The Balaban J connectivity index is 1.70. The van der Waals surface area contributed by atoms with E-state index in [9.17, 15) is 45.6 Å². The van der Waals surface area contributed by atoms with Crippen molar-refractivity contribution in [2.24, 2.45) is 0 Å². The molecule has 83 heavy (non-hydrogen) atoms. The molecule has 490 valence electrons.